The summed E-state index contributed by atoms with van der Waals surface area (Å²) in [5, 5.41) is 1.09. The summed E-state index contributed by atoms with van der Waals surface area (Å²) in [4.78, 5) is 12.7. The van der Waals surface area contributed by atoms with Gasteiger partial charge in [-0.05, 0) is 77.3 Å². The lowest BCUT2D eigenvalue weighted by Crippen LogP contribution is -2.10. The van der Waals surface area contributed by atoms with E-state index in [-0.39, 0.29) is 20.2 Å². The van der Waals surface area contributed by atoms with Crippen LogP contribution < -0.4 is 10.0 Å². The van der Waals surface area contributed by atoms with Crippen LogP contribution in [0.15, 0.2) is 36.4 Å². The zero-order valence-electron chi connectivity index (χ0n) is 13.9. The fourth-order valence-electron chi connectivity index (χ4n) is 2.48. The molecule has 0 N–H and O–H groups in total. The lowest BCUT2D eigenvalue weighted by atomic mass is 10.0. The Bertz CT molecular complexity index is 670. The molecule has 3 heteroatoms. The number of aryl methyl sites for hydroxylation is 3. The maximum Gasteiger partial charge on any atom is 0.186 e. The van der Waals surface area contributed by atoms with Gasteiger partial charge in [-0.15, -0.1) is 0 Å². The summed E-state index contributed by atoms with van der Waals surface area (Å²) in [5.41, 5.74) is 4.28. The van der Waals surface area contributed by atoms with Gasteiger partial charge in [-0.25, -0.2) is 0 Å². The summed E-state index contributed by atoms with van der Waals surface area (Å²) in [7, 11) is 0.145. The number of ether oxygens (including phenoxy) is 1. The van der Waals surface area contributed by atoms with E-state index in [4.69, 9.17) is 4.74 Å². The highest BCUT2D eigenvalue weighted by Crippen LogP contribution is 2.26. The molecule has 0 aliphatic heterocycles. The second-order valence-corrected chi connectivity index (χ2v) is 7.11. The minimum Gasteiger partial charge on any atom is -0.491 e. The van der Waals surface area contributed by atoms with Crippen LogP contribution in [-0.2, 0) is 0 Å². The summed E-state index contributed by atoms with van der Waals surface area (Å²) >= 11 is 0. The maximum absolute atomic E-state index is 12.7. The molecule has 0 aliphatic carbocycles. The standard InChI is InChI=1S/C19H23O2P/c1-12(2)21-16-9-10-17(15(5)11-16)22-19(20)18-13(3)7-6-8-14(18)4/h6-12,22H,1-5H3. The van der Waals surface area contributed by atoms with Crippen LogP contribution in [0.3, 0.4) is 0 Å². The van der Waals surface area contributed by atoms with Gasteiger partial charge in [-0.1, -0.05) is 24.3 Å². The van der Waals surface area contributed by atoms with Gasteiger partial charge in [-0.2, -0.15) is 0 Å². The number of hydrogen-bond acceptors (Lipinski definition) is 2. The molecule has 2 aromatic carbocycles. The predicted octanol–water partition coefficient (Wildman–Crippen LogP) is 4.54. The maximum atomic E-state index is 12.7. The van der Waals surface area contributed by atoms with Crippen molar-refractivity contribution in [3.63, 3.8) is 0 Å². The van der Waals surface area contributed by atoms with Gasteiger partial charge < -0.3 is 4.74 Å². The zero-order valence-corrected chi connectivity index (χ0v) is 14.9. The molecule has 1 unspecified atom stereocenters. The van der Waals surface area contributed by atoms with Gasteiger partial charge in [0.25, 0.3) is 0 Å². The van der Waals surface area contributed by atoms with Gasteiger partial charge in [0.05, 0.1) is 6.10 Å². The van der Waals surface area contributed by atoms with E-state index in [1.54, 1.807) is 0 Å². The van der Waals surface area contributed by atoms with E-state index in [9.17, 15) is 4.79 Å². The van der Waals surface area contributed by atoms with E-state index < -0.39 is 0 Å². The van der Waals surface area contributed by atoms with Crippen molar-refractivity contribution >= 4 is 19.4 Å². The molecule has 0 bridgehead atoms. The first-order valence-electron chi connectivity index (χ1n) is 7.53. The fourth-order valence-corrected chi connectivity index (χ4v) is 3.68. The van der Waals surface area contributed by atoms with Crippen molar-refractivity contribution in [2.45, 2.75) is 40.7 Å². The summed E-state index contributed by atoms with van der Waals surface area (Å²) in [6, 6.07) is 12.0. The largest absolute Gasteiger partial charge is 0.491 e. The van der Waals surface area contributed by atoms with Crippen LogP contribution in [0.25, 0.3) is 0 Å². The minimum absolute atomic E-state index is 0.145. The Labute approximate surface area is 134 Å². The molecule has 116 valence electrons. The molecular weight excluding hydrogens is 291 g/mol. The van der Waals surface area contributed by atoms with Crippen LogP contribution in [0, 0.1) is 20.8 Å². The third kappa shape index (κ3) is 3.96. The average Bonchev–Trinajstić information content (AvgIpc) is 2.41. The lowest BCUT2D eigenvalue weighted by Gasteiger charge is -2.13. The number of carbonyl (C=O) groups excluding carboxylic acids is 1. The highest BCUT2D eigenvalue weighted by Gasteiger charge is 2.14. The monoisotopic (exact) mass is 314 g/mol. The van der Waals surface area contributed by atoms with Crippen LogP contribution >= 0.6 is 8.58 Å². The Morgan fingerprint density at radius 3 is 2.18 bits per heavy atom. The molecule has 2 rings (SSSR count). The minimum atomic E-state index is 0.145. The third-order valence-electron chi connectivity index (χ3n) is 3.53. The molecule has 2 aromatic rings. The Morgan fingerprint density at radius 2 is 1.64 bits per heavy atom. The zero-order chi connectivity index (χ0) is 16.3. The molecule has 1 atom stereocenters. The Balaban J connectivity index is 2.22. The van der Waals surface area contributed by atoms with E-state index in [1.807, 2.05) is 71.0 Å². The number of benzene rings is 2. The fraction of sp³-hybridized carbons (Fsp3) is 0.316. The van der Waals surface area contributed by atoms with Crippen LogP contribution in [0.2, 0.25) is 0 Å². The Hall–Kier alpha value is -1.66. The molecule has 0 amide bonds. The van der Waals surface area contributed by atoms with Crippen molar-refractivity contribution in [1.82, 2.24) is 0 Å². The van der Waals surface area contributed by atoms with Gasteiger partial charge >= 0.3 is 0 Å². The molecule has 22 heavy (non-hydrogen) atoms. The van der Waals surface area contributed by atoms with Gasteiger partial charge in [0.1, 0.15) is 5.75 Å². The number of hydrogen-bond donors (Lipinski definition) is 0. The van der Waals surface area contributed by atoms with Crippen molar-refractivity contribution in [3.8, 4) is 5.75 Å². The van der Waals surface area contributed by atoms with Crippen LogP contribution in [0.5, 0.6) is 5.75 Å². The SMILES string of the molecule is Cc1cc(OC(C)C)ccc1PC(=O)c1c(C)cccc1C. The Kier molecular flexibility index (Phi) is 5.37. The average molecular weight is 314 g/mol. The van der Waals surface area contributed by atoms with Crippen LogP contribution in [-0.4, -0.2) is 11.6 Å². The van der Waals surface area contributed by atoms with Crippen molar-refractivity contribution in [3.05, 3.63) is 58.7 Å². The third-order valence-corrected chi connectivity index (χ3v) is 4.83. The topological polar surface area (TPSA) is 26.3 Å². The molecule has 0 saturated carbocycles. The first kappa shape index (κ1) is 16.7. The second-order valence-electron chi connectivity index (χ2n) is 5.86. The highest BCUT2D eigenvalue weighted by atomic mass is 31.1. The van der Waals surface area contributed by atoms with E-state index in [2.05, 4.69) is 0 Å². The van der Waals surface area contributed by atoms with Crippen molar-refractivity contribution < 1.29 is 9.53 Å². The van der Waals surface area contributed by atoms with Gasteiger partial charge in [-0.3, -0.25) is 4.79 Å². The number of rotatable bonds is 5. The number of carbonyl (C=O) groups is 1. The van der Waals surface area contributed by atoms with E-state index in [0.717, 1.165) is 33.3 Å². The van der Waals surface area contributed by atoms with Gasteiger partial charge in [0, 0.05) is 5.56 Å². The molecule has 0 saturated heterocycles. The van der Waals surface area contributed by atoms with Crippen molar-refractivity contribution in [1.29, 1.82) is 0 Å². The Morgan fingerprint density at radius 1 is 1.00 bits per heavy atom. The normalized spacial score (nSPS) is 11.4. The molecular formula is C19H23O2P. The highest BCUT2D eigenvalue weighted by molar-refractivity contribution is 7.66. The summed E-state index contributed by atoms with van der Waals surface area (Å²) in [6.45, 7) is 10.0. The predicted molar refractivity (Wildman–Crippen MR) is 95.1 cm³/mol. The molecule has 0 spiro atoms. The van der Waals surface area contributed by atoms with E-state index in [1.165, 1.54) is 0 Å². The molecule has 2 nitrogen and oxygen atoms in total. The van der Waals surface area contributed by atoms with Crippen LogP contribution in [0.1, 0.15) is 40.9 Å². The van der Waals surface area contributed by atoms with E-state index >= 15 is 0 Å². The molecule has 0 aromatic heterocycles. The quantitative estimate of drug-likeness (QED) is 0.757. The molecule has 0 aliphatic rings. The van der Waals surface area contributed by atoms with Crippen molar-refractivity contribution in [2.24, 2.45) is 0 Å². The molecule has 0 fully saturated rings. The van der Waals surface area contributed by atoms with E-state index in [0.29, 0.717) is 0 Å². The first-order chi connectivity index (χ1) is 10.4. The second kappa shape index (κ2) is 7.07. The van der Waals surface area contributed by atoms with Gasteiger partial charge in [0.2, 0.25) is 0 Å². The van der Waals surface area contributed by atoms with Crippen molar-refractivity contribution in [2.75, 3.05) is 0 Å². The lowest BCUT2D eigenvalue weighted by molar-refractivity contribution is 0.108. The summed E-state index contributed by atoms with van der Waals surface area (Å²) in [5.74, 6) is 0.862. The summed E-state index contributed by atoms with van der Waals surface area (Å²) < 4.78 is 5.70. The molecule has 0 heterocycles. The van der Waals surface area contributed by atoms with Gasteiger partial charge in [0.15, 0.2) is 5.52 Å². The van der Waals surface area contributed by atoms with Crippen LogP contribution in [0.4, 0.5) is 0 Å². The smallest absolute Gasteiger partial charge is 0.186 e. The molecule has 0 radical (unpaired) electrons. The summed E-state index contributed by atoms with van der Waals surface area (Å²) in [6.07, 6.45) is 0.156. The first-order valence-corrected chi connectivity index (χ1v) is 8.53.